The lowest BCUT2D eigenvalue weighted by atomic mass is 9.68. The minimum absolute atomic E-state index is 0.0106. The van der Waals surface area contributed by atoms with Gasteiger partial charge >= 0.3 is 0 Å². The Balaban J connectivity index is 1.35. The normalized spacial score (nSPS) is 24.9. The molecule has 0 aromatic heterocycles. The zero-order valence-electron chi connectivity index (χ0n) is 21.0. The number of methoxy groups -OCH3 is 2. The number of fused-ring (bicyclic) bond motifs is 3. The van der Waals surface area contributed by atoms with E-state index >= 15 is 0 Å². The highest BCUT2D eigenvalue weighted by atomic mass is 16.5. The van der Waals surface area contributed by atoms with E-state index in [0.29, 0.717) is 6.54 Å². The lowest BCUT2D eigenvalue weighted by Gasteiger charge is -2.55. The van der Waals surface area contributed by atoms with Crippen LogP contribution in [0.2, 0.25) is 0 Å². The van der Waals surface area contributed by atoms with Crippen LogP contribution in [0.5, 0.6) is 11.5 Å². The molecule has 6 nitrogen and oxygen atoms in total. The number of piperidine rings is 3. The number of hydrogen-bond donors (Lipinski definition) is 2. The second-order valence-corrected chi connectivity index (χ2v) is 9.80. The van der Waals surface area contributed by atoms with Crippen molar-refractivity contribution in [2.24, 2.45) is 17.6 Å². The molecule has 0 radical (unpaired) electrons. The zero-order valence-corrected chi connectivity index (χ0v) is 21.0. The molecule has 0 saturated carbocycles. The molecular weight excluding hydrogens is 450 g/mol. The van der Waals surface area contributed by atoms with Crippen molar-refractivity contribution in [1.82, 2.24) is 10.2 Å². The summed E-state index contributed by atoms with van der Waals surface area (Å²) in [4.78, 5) is 15.8. The van der Waals surface area contributed by atoms with Gasteiger partial charge in [0.1, 0.15) is 11.5 Å². The van der Waals surface area contributed by atoms with E-state index in [2.05, 4.69) is 70.9 Å². The number of carbonyl (C=O) groups excluding carboxylic acids is 1. The second kappa shape index (κ2) is 10.7. The van der Waals surface area contributed by atoms with Gasteiger partial charge in [0.25, 0.3) is 0 Å². The minimum atomic E-state index is -0.315. The van der Waals surface area contributed by atoms with Gasteiger partial charge in [-0.15, -0.1) is 0 Å². The van der Waals surface area contributed by atoms with Gasteiger partial charge in [-0.1, -0.05) is 60.7 Å². The van der Waals surface area contributed by atoms with Gasteiger partial charge < -0.3 is 20.5 Å². The predicted molar refractivity (Wildman–Crippen MR) is 141 cm³/mol. The standard InChI is InChI=1S/C30H35N3O3/c1-35-24-13-14-26(36-2)23(17-24)19-32-30(34)28-22-15-16-33(29(28)31)25(18-22)27(20-9-5-3-6-10-20)21-11-7-4-8-12-21/h3-14,17,22,25,27-29H,15-16,18-19,31H2,1-2H3,(H,32,34). The molecule has 3 aromatic rings. The van der Waals surface area contributed by atoms with Crippen LogP contribution < -0.4 is 20.5 Å². The van der Waals surface area contributed by atoms with E-state index in [-0.39, 0.29) is 35.9 Å². The summed E-state index contributed by atoms with van der Waals surface area (Å²) in [5, 5.41) is 3.14. The molecule has 2 bridgehead atoms. The van der Waals surface area contributed by atoms with Gasteiger partial charge in [0.15, 0.2) is 0 Å². The number of nitrogens with one attached hydrogen (secondary N) is 1. The quantitative estimate of drug-likeness (QED) is 0.501. The van der Waals surface area contributed by atoms with E-state index in [4.69, 9.17) is 15.2 Å². The number of amides is 1. The fourth-order valence-electron chi connectivity index (χ4n) is 6.20. The first-order valence-electron chi connectivity index (χ1n) is 12.7. The first-order chi connectivity index (χ1) is 17.6. The van der Waals surface area contributed by atoms with Crippen LogP contribution in [0.4, 0.5) is 0 Å². The van der Waals surface area contributed by atoms with Crippen molar-refractivity contribution < 1.29 is 14.3 Å². The van der Waals surface area contributed by atoms with Crippen molar-refractivity contribution in [3.63, 3.8) is 0 Å². The lowest BCUT2D eigenvalue weighted by Crippen LogP contribution is -2.67. The third-order valence-electron chi connectivity index (χ3n) is 7.93. The maximum absolute atomic E-state index is 13.5. The summed E-state index contributed by atoms with van der Waals surface area (Å²) in [6.07, 6.45) is 1.62. The van der Waals surface area contributed by atoms with Crippen molar-refractivity contribution in [2.45, 2.75) is 37.5 Å². The SMILES string of the molecule is COc1ccc(OC)c(CNC(=O)C2C3CCN(C2N)C(C(c2ccccc2)c2ccccc2)C3)c1. The molecule has 6 heteroatoms. The number of hydrogen-bond acceptors (Lipinski definition) is 5. The summed E-state index contributed by atoms with van der Waals surface area (Å²) in [5.74, 6) is 1.69. The molecule has 3 aliphatic heterocycles. The number of carbonyl (C=O) groups is 1. The maximum Gasteiger partial charge on any atom is 0.226 e. The van der Waals surface area contributed by atoms with E-state index in [1.807, 2.05) is 18.2 Å². The van der Waals surface area contributed by atoms with Gasteiger partial charge in [0, 0.05) is 30.6 Å². The van der Waals surface area contributed by atoms with E-state index in [0.717, 1.165) is 36.4 Å². The molecule has 3 heterocycles. The molecule has 0 spiro atoms. The molecule has 188 valence electrons. The van der Waals surface area contributed by atoms with Gasteiger partial charge in [-0.2, -0.15) is 0 Å². The number of benzene rings is 3. The number of rotatable bonds is 8. The highest BCUT2D eigenvalue weighted by molar-refractivity contribution is 5.80. The molecule has 3 N–H and O–H groups in total. The summed E-state index contributed by atoms with van der Waals surface area (Å²) in [6.45, 7) is 1.29. The minimum Gasteiger partial charge on any atom is -0.497 e. The fraction of sp³-hybridized carbons (Fsp3) is 0.367. The van der Waals surface area contributed by atoms with Crippen molar-refractivity contribution in [1.29, 1.82) is 0 Å². The Hall–Kier alpha value is -3.35. The summed E-state index contributed by atoms with van der Waals surface area (Å²) in [7, 11) is 3.26. The topological polar surface area (TPSA) is 76.8 Å². The molecule has 6 rings (SSSR count). The summed E-state index contributed by atoms with van der Waals surface area (Å²) < 4.78 is 10.8. The Labute approximate surface area is 213 Å². The summed E-state index contributed by atoms with van der Waals surface area (Å²) in [6, 6.07) is 27.2. The van der Waals surface area contributed by atoms with Crippen molar-refractivity contribution in [2.75, 3.05) is 20.8 Å². The van der Waals surface area contributed by atoms with Crippen LogP contribution in [0.1, 0.15) is 35.4 Å². The van der Waals surface area contributed by atoms with E-state index in [1.165, 1.54) is 11.1 Å². The molecule has 3 aliphatic rings. The average Bonchev–Trinajstić information content (AvgIpc) is 2.93. The van der Waals surface area contributed by atoms with Crippen LogP contribution >= 0.6 is 0 Å². The Morgan fingerprint density at radius 3 is 2.25 bits per heavy atom. The monoisotopic (exact) mass is 485 g/mol. The number of nitrogens with zero attached hydrogens (tertiary/aromatic N) is 1. The Kier molecular flexibility index (Phi) is 7.25. The Morgan fingerprint density at radius 1 is 1.00 bits per heavy atom. The van der Waals surface area contributed by atoms with Crippen LogP contribution in [-0.4, -0.2) is 43.8 Å². The molecule has 0 aliphatic carbocycles. The number of ether oxygens (including phenoxy) is 2. The van der Waals surface area contributed by atoms with E-state index in [1.54, 1.807) is 14.2 Å². The van der Waals surface area contributed by atoms with Crippen LogP contribution in [0.15, 0.2) is 78.9 Å². The van der Waals surface area contributed by atoms with Crippen molar-refractivity contribution >= 4 is 5.91 Å². The van der Waals surface area contributed by atoms with E-state index in [9.17, 15) is 4.79 Å². The third kappa shape index (κ3) is 4.71. The predicted octanol–water partition coefficient (Wildman–Crippen LogP) is 4.15. The van der Waals surface area contributed by atoms with Crippen LogP contribution in [0.3, 0.4) is 0 Å². The van der Waals surface area contributed by atoms with Gasteiger partial charge in [-0.25, -0.2) is 0 Å². The first-order valence-corrected chi connectivity index (χ1v) is 12.7. The smallest absolute Gasteiger partial charge is 0.226 e. The highest BCUT2D eigenvalue weighted by Gasteiger charge is 2.50. The molecule has 36 heavy (non-hydrogen) atoms. The second-order valence-electron chi connectivity index (χ2n) is 9.80. The molecule has 3 aromatic carbocycles. The molecule has 1 amide bonds. The van der Waals surface area contributed by atoms with E-state index < -0.39 is 0 Å². The molecule has 5 atom stereocenters. The molecular formula is C30H35N3O3. The first kappa shape index (κ1) is 24.3. The number of nitrogens with two attached hydrogens (primary N) is 1. The largest absolute Gasteiger partial charge is 0.497 e. The molecule has 3 saturated heterocycles. The fourth-order valence-corrected chi connectivity index (χ4v) is 6.20. The van der Waals surface area contributed by atoms with Gasteiger partial charge in [0.2, 0.25) is 5.91 Å². The van der Waals surface area contributed by atoms with Crippen molar-refractivity contribution in [3.05, 3.63) is 95.6 Å². The summed E-state index contributed by atoms with van der Waals surface area (Å²) >= 11 is 0. The third-order valence-corrected chi connectivity index (χ3v) is 7.93. The van der Waals surface area contributed by atoms with Crippen molar-refractivity contribution in [3.8, 4) is 11.5 Å². The highest BCUT2D eigenvalue weighted by Crippen LogP contribution is 2.45. The molecule has 5 unspecified atom stereocenters. The maximum atomic E-state index is 13.5. The van der Waals surface area contributed by atoms with Crippen LogP contribution in [-0.2, 0) is 11.3 Å². The van der Waals surface area contributed by atoms with Gasteiger partial charge in [0.05, 0.1) is 26.3 Å². The Bertz CT molecular complexity index is 1130. The zero-order chi connectivity index (χ0) is 25.1. The lowest BCUT2D eigenvalue weighted by molar-refractivity contribution is -0.139. The van der Waals surface area contributed by atoms with Gasteiger partial charge in [-0.3, -0.25) is 9.69 Å². The Morgan fingerprint density at radius 2 is 1.67 bits per heavy atom. The van der Waals surface area contributed by atoms with Crippen LogP contribution in [0, 0.1) is 11.8 Å². The van der Waals surface area contributed by atoms with Gasteiger partial charge in [-0.05, 0) is 48.1 Å². The average molecular weight is 486 g/mol. The summed E-state index contributed by atoms with van der Waals surface area (Å²) in [5.41, 5.74) is 10.3. The molecule has 3 fully saturated rings. The van der Waals surface area contributed by atoms with Crippen LogP contribution in [0.25, 0.3) is 0 Å².